The summed E-state index contributed by atoms with van der Waals surface area (Å²) < 4.78 is 5.70. The number of rotatable bonds is 3. The van der Waals surface area contributed by atoms with Crippen molar-refractivity contribution < 1.29 is 19.4 Å². The molecule has 11 heteroatoms. The number of carbonyl (C=O) groups is 2. The average molecular weight is 486 g/mol. The molecule has 1 aromatic heterocycles. The Morgan fingerprint density at radius 3 is 2.70 bits per heavy atom. The molecule has 3 heterocycles. The van der Waals surface area contributed by atoms with Gasteiger partial charge in [-0.1, -0.05) is 35.3 Å². The first-order valence-corrected chi connectivity index (χ1v) is 10.8. The smallest absolute Gasteiger partial charge is 0.407 e. The monoisotopic (exact) mass is 485 g/mol. The van der Waals surface area contributed by atoms with Crippen molar-refractivity contribution in [3.63, 3.8) is 0 Å². The first-order valence-electron chi connectivity index (χ1n) is 10.0. The predicted molar refractivity (Wildman–Crippen MR) is 123 cm³/mol. The standard InChI is InChI=1S/C22H17Cl2N5O4/c23-16-2-1-3-17(24)18(16)29-11-33-19-15(20(29)30)9-25-21(27-19)26-14-5-4-12-6-7-28(22(31)32)10-13(12)8-14/h1-5,8-9H,6-7,10-11H2,(H,31,32)(H,25,26,27). The van der Waals surface area contributed by atoms with Crippen LogP contribution in [0.25, 0.3) is 0 Å². The quantitative estimate of drug-likeness (QED) is 0.559. The number of amides is 2. The number of nitrogens with one attached hydrogen (secondary N) is 1. The fraction of sp³-hybridized carbons (Fsp3) is 0.182. The molecule has 0 unspecified atom stereocenters. The molecule has 0 saturated carbocycles. The Hall–Kier alpha value is -3.56. The van der Waals surface area contributed by atoms with Crippen molar-refractivity contribution in [2.45, 2.75) is 13.0 Å². The highest BCUT2D eigenvalue weighted by atomic mass is 35.5. The predicted octanol–water partition coefficient (Wildman–Crippen LogP) is 4.56. The maximum Gasteiger partial charge on any atom is 0.407 e. The summed E-state index contributed by atoms with van der Waals surface area (Å²) in [6, 6.07) is 10.7. The van der Waals surface area contributed by atoms with Gasteiger partial charge in [0, 0.05) is 25.0 Å². The Kier molecular flexibility index (Phi) is 5.43. The van der Waals surface area contributed by atoms with Gasteiger partial charge >= 0.3 is 6.09 Å². The molecular formula is C22H17Cl2N5O4. The molecule has 0 bridgehead atoms. The molecule has 9 nitrogen and oxygen atoms in total. The topological polar surface area (TPSA) is 108 Å². The molecule has 0 spiro atoms. The van der Waals surface area contributed by atoms with Gasteiger partial charge in [-0.05, 0) is 41.8 Å². The second kappa shape index (κ2) is 8.42. The molecule has 3 aromatic rings. The second-order valence-electron chi connectivity index (χ2n) is 7.55. The molecule has 0 atom stereocenters. The first-order chi connectivity index (χ1) is 15.9. The number of anilines is 3. The molecule has 2 aromatic carbocycles. The van der Waals surface area contributed by atoms with Gasteiger partial charge in [-0.2, -0.15) is 4.98 Å². The van der Waals surface area contributed by atoms with Crippen molar-refractivity contribution in [3.8, 4) is 5.88 Å². The third-order valence-corrected chi connectivity index (χ3v) is 6.12. The minimum absolute atomic E-state index is 0.102. The lowest BCUT2D eigenvalue weighted by molar-refractivity contribution is 0.0932. The number of hydrogen-bond donors (Lipinski definition) is 2. The molecule has 0 aliphatic carbocycles. The van der Waals surface area contributed by atoms with Gasteiger partial charge in [0.1, 0.15) is 5.56 Å². The summed E-state index contributed by atoms with van der Waals surface area (Å²) in [6.07, 6.45) is 1.11. The summed E-state index contributed by atoms with van der Waals surface area (Å²) in [5, 5.41) is 13.0. The lowest BCUT2D eigenvalue weighted by atomic mass is 9.99. The first kappa shape index (κ1) is 21.3. The number of carboxylic acid groups (broad SMARTS) is 1. The van der Waals surface area contributed by atoms with Crippen molar-refractivity contribution in [2.75, 3.05) is 23.5 Å². The number of aromatic nitrogens is 2. The van der Waals surface area contributed by atoms with E-state index >= 15 is 0 Å². The number of ether oxygens (including phenoxy) is 1. The molecule has 2 aliphatic rings. The lowest BCUT2D eigenvalue weighted by Gasteiger charge is -2.29. The Morgan fingerprint density at radius 2 is 1.94 bits per heavy atom. The van der Waals surface area contributed by atoms with Crippen LogP contribution < -0.4 is 15.0 Å². The highest BCUT2D eigenvalue weighted by Gasteiger charge is 2.31. The minimum atomic E-state index is -0.939. The summed E-state index contributed by atoms with van der Waals surface area (Å²) in [5.74, 6) is 0.0175. The third kappa shape index (κ3) is 4.01. The van der Waals surface area contributed by atoms with E-state index in [1.165, 1.54) is 16.0 Å². The number of hydrogen-bond acceptors (Lipinski definition) is 6. The van der Waals surface area contributed by atoms with Gasteiger partial charge in [0.2, 0.25) is 11.8 Å². The van der Waals surface area contributed by atoms with Crippen LogP contribution in [0.15, 0.2) is 42.6 Å². The van der Waals surface area contributed by atoms with Gasteiger partial charge in [-0.3, -0.25) is 9.69 Å². The highest BCUT2D eigenvalue weighted by molar-refractivity contribution is 6.40. The van der Waals surface area contributed by atoms with Gasteiger partial charge in [-0.25, -0.2) is 9.78 Å². The van der Waals surface area contributed by atoms with Crippen LogP contribution in [0.1, 0.15) is 21.5 Å². The minimum Gasteiger partial charge on any atom is -0.465 e. The van der Waals surface area contributed by atoms with E-state index in [1.54, 1.807) is 18.2 Å². The van der Waals surface area contributed by atoms with Crippen molar-refractivity contribution in [2.24, 2.45) is 0 Å². The lowest BCUT2D eigenvalue weighted by Crippen LogP contribution is -2.39. The molecule has 2 amide bonds. The number of para-hydroxylation sites is 1. The van der Waals surface area contributed by atoms with Crippen molar-refractivity contribution in [1.29, 1.82) is 0 Å². The molecule has 0 fully saturated rings. The maximum absolute atomic E-state index is 13.0. The van der Waals surface area contributed by atoms with E-state index in [-0.39, 0.29) is 30.0 Å². The van der Waals surface area contributed by atoms with E-state index in [4.69, 9.17) is 27.9 Å². The van der Waals surface area contributed by atoms with E-state index < -0.39 is 6.09 Å². The Morgan fingerprint density at radius 1 is 1.15 bits per heavy atom. The second-order valence-corrected chi connectivity index (χ2v) is 8.37. The van der Waals surface area contributed by atoms with E-state index in [0.29, 0.717) is 40.9 Å². The Labute approximate surface area is 198 Å². The van der Waals surface area contributed by atoms with Gasteiger partial charge < -0.3 is 20.1 Å². The fourth-order valence-electron chi connectivity index (χ4n) is 3.85. The van der Waals surface area contributed by atoms with E-state index in [2.05, 4.69) is 15.3 Å². The van der Waals surface area contributed by atoms with E-state index in [1.807, 2.05) is 18.2 Å². The Balaban J connectivity index is 1.37. The molecular weight excluding hydrogens is 469 g/mol. The zero-order valence-corrected chi connectivity index (χ0v) is 18.6. The number of halogens is 2. The summed E-state index contributed by atoms with van der Waals surface area (Å²) in [7, 11) is 0. The average Bonchev–Trinajstić information content (AvgIpc) is 2.80. The number of carbonyl (C=O) groups excluding carboxylic acids is 1. The van der Waals surface area contributed by atoms with Crippen LogP contribution in [0.3, 0.4) is 0 Å². The van der Waals surface area contributed by atoms with Crippen LogP contribution in [0.5, 0.6) is 5.88 Å². The summed E-state index contributed by atoms with van der Waals surface area (Å²) in [6.45, 7) is 0.698. The number of benzene rings is 2. The maximum atomic E-state index is 13.0. The van der Waals surface area contributed by atoms with Gasteiger partial charge in [0.25, 0.3) is 5.91 Å². The molecule has 168 valence electrons. The summed E-state index contributed by atoms with van der Waals surface area (Å²) >= 11 is 12.5. The van der Waals surface area contributed by atoms with Crippen LogP contribution in [0.4, 0.5) is 22.1 Å². The SMILES string of the molecule is O=C(O)N1CCc2ccc(Nc3ncc4c(n3)OCN(c3c(Cl)cccc3Cl)C4=O)cc2C1. The molecule has 2 aliphatic heterocycles. The van der Waals surface area contributed by atoms with Crippen LogP contribution in [0.2, 0.25) is 10.0 Å². The zero-order chi connectivity index (χ0) is 23.1. The number of nitrogens with zero attached hydrogens (tertiary/aromatic N) is 4. The summed E-state index contributed by atoms with van der Waals surface area (Å²) in [5.41, 5.74) is 3.28. The largest absolute Gasteiger partial charge is 0.465 e. The molecule has 0 saturated heterocycles. The van der Waals surface area contributed by atoms with Crippen LogP contribution in [0, 0.1) is 0 Å². The van der Waals surface area contributed by atoms with Crippen molar-refractivity contribution >= 4 is 52.5 Å². The summed E-state index contributed by atoms with van der Waals surface area (Å²) in [4.78, 5) is 35.6. The van der Waals surface area contributed by atoms with Gasteiger partial charge in [-0.15, -0.1) is 0 Å². The normalized spacial score (nSPS) is 14.9. The molecule has 5 rings (SSSR count). The van der Waals surface area contributed by atoms with Crippen molar-refractivity contribution in [3.05, 3.63) is 69.3 Å². The fourth-order valence-corrected chi connectivity index (χ4v) is 4.45. The van der Waals surface area contributed by atoms with E-state index in [0.717, 1.165) is 11.1 Å². The van der Waals surface area contributed by atoms with E-state index in [9.17, 15) is 14.7 Å². The van der Waals surface area contributed by atoms with Gasteiger partial charge in [0.15, 0.2) is 6.73 Å². The molecule has 0 radical (unpaired) electrons. The highest BCUT2D eigenvalue weighted by Crippen LogP contribution is 2.37. The third-order valence-electron chi connectivity index (χ3n) is 5.51. The van der Waals surface area contributed by atoms with Crippen LogP contribution >= 0.6 is 23.2 Å². The Bertz CT molecular complexity index is 1270. The molecule has 2 N–H and O–H groups in total. The zero-order valence-electron chi connectivity index (χ0n) is 17.1. The number of fused-ring (bicyclic) bond motifs is 2. The van der Waals surface area contributed by atoms with Crippen LogP contribution in [-0.4, -0.2) is 45.3 Å². The van der Waals surface area contributed by atoms with Crippen molar-refractivity contribution in [1.82, 2.24) is 14.9 Å². The van der Waals surface area contributed by atoms with Gasteiger partial charge in [0.05, 0.1) is 15.7 Å². The molecule has 33 heavy (non-hydrogen) atoms. The van der Waals surface area contributed by atoms with Crippen LogP contribution in [-0.2, 0) is 13.0 Å².